The molecule has 1 fully saturated rings. The van der Waals surface area contributed by atoms with E-state index in [2.05, 4.69) is 4.98 Å². The lowest BCUT2D eigenvalue weighted by Crippen LogP contribution is -2.46. The van der Waals surface area contributed by atoms with Crippen molar-refractivity contribution in [1.29, 1.82) is 0 Å². The Labute approximate surface area is 146 Å². The molecule has 3 rings (SSSR count). The summed E-state index contributed by atoms with van der Waals surface area (Å²) < 4.78 is 19.0. The predicted molar refractivity (Wildman–Crippen MR) is 93.4 cm³/mol. The third-order valence-electron chi connectivity index (χ3n) is 4.34. The number of ether oxygens (including phenoxy) is 1. The molecule has 2 heterocycles. The minimum atomic E-state index is -0.318. The van der Waals surface area contributed by atoms with Crippen LogP contribution in [0.1, 0.15) is 17.5 Å². The van der Waals surface area contributed by atoms with E-state index in [0.29, 0.717) is 31.1 Å². The maximum Gasteiger partial charge on any atom is 0.227 e. The van der Waals surface area contributed by atoms with Gasteiger partial charge in [-0.25, -0.2) is 9.37 Å². The van der Waals surface area contributed by atoms with Crippen LogP contribution in [0.5, 0.6) is 0 Å². The Morgan fingerprint density at radius 2 is 2.20 bits per heavy atom. The smallest absolute Gasteiger partial charge is 0.227 e. The molecule has 0 spiro atoms. The number of aryl methyl sites for hydroxylation is 1. The van der Waals surface area contributed by atoms with Crippen molar-refractivity contribution in [3.05, 3.63) is 59.5 Å². The summed E-state index contributed by atoms with van der Waals surface area (Å²) in [5.41, 5.74) is 7.50. The zero-order chi connectivity index (χ0) is 17.6. The molecule has 1 atom stereocenters. The summed E-state index contributed by atoms with van der Waals surface area (Å²) in [6, 6.07) is 9.98. The van der Waals surface area contributed by atoms with Crippen molar-refractivity contribution in [2.24, 2.45) is 0 Å². The molecule has 0 radical (unpaired) electrons. The van der Waals surface area contributed by atoms with Gasteiger partial charge in [-0.2, -0.15) is 0 Å². The van der Waals surface area contributed by atoms with Crippen molar-refractivity contribution in [2.75, 3.05) is 25.4 Å². The molecule has 1 unspecified atom stereocenters. The van der Waals surface area contributed by atoms with Crippen molar-refractivity contribution in [3.8, 4) is 0 Å². The van der Waals surface area contributed by atoms with Crippen molar-refractivity contribution in [3.63, 3.8) is 0 Å². The lowest BCUT2D eigenvalue weighted by molar-refractivity contribution is -0.138. The van der Waals surface area contributed by atoms with Crippen LogP contribution in [0.4, 0.5) is 10.2 Å². The summed E-state index contributed by atoms with van der Waals surface area (Å²) >= 11 is 0. The third kappa shape index (κ3) is 5.00. The minimum Gasteiger partial charge on any atom is -0.384 e. The van der Waals surface area contributed by atoms with E-state index in [-0.39, 0.29) is 24.2 Å². The zero-order valence-corrected chi connectivity index (χ0v) is 14.0. The van der Waals surface area contributed by atoms with Crippen LogP contribution in [-0.4, -0.2) is 41.6 Å². The quantitative estimate of drug-likeness (QED) is 0.904. The lowest BCUT2D eigenvalue weighted by Gasteiger charge is -2.33. The van der Waals surface area contributed by atoms with Gasteiger partial charge in [-0.15, -0.1) is 0 Å². The molecule has 6 heteroatoms. The normalized spacial score (nSPS) is 17.5. The number of amides is 1. The number of hydrogen-bond acceptors (Lipinski definition) is 4. The summed E-state index contributed by atoms with van der Waals surface area (Å²) in [4.78, 5) is 18.3. The Bertz CT molecular complexity index is 738. The molecule has 132 valence electrons. The van der Waals surface area contributed by atoms with Crippen molar-refractivity contribution < 1.29 is 13.9 Å². The van der Waals surface area contributed by atoms with E-state index in [1.807, 2.05) is 12.1 Å². The molecule has 2 N–H and O–H groups in total. The Morgan fingerprint density at radius 3 is 3.00 bits per heavy atom. The number of pyridine rings is 1. The van der Waals surface area contributed by atoms with E-state index in [4.69, 9.17) is 10.5 Å². The number of rotatable bonds is 5. The van der Waals surface area contributed by atoms with Gasteiger partial charge in [-0.1, -0.05) is 12.1 Å². The van der Waals surface area contributed by atoms with Crippen molar-refractivity contribution in [1.82, 2.24) is 9.88 Å². The van der Waals surface area contributed by atoms with Gasteiger partial charge in [0.25, 0.3) is 0 Å². The maximum atomic E-state index is 13.3. The first kappa shape index (κ1) is 17.4. The number of aromatic nitrogens is 1. The zero-order valence-electron chi connectivity index (χ0n) is 14.0. The van der Waals surface area contributed by atoms with E-state index in [9.17, 15) is 9.18 Å². The number of anilines is 1. The minimum absolute atomic E-state index is 0.000371. The number of nitrogens with zero attached hydrogens (tertiary/aromatic N) is 2. The fourth-order valence-corrected chi connectivity index (χ4v) is 3.03. The van der Waals surface area contributed by atoms with Crippen LogP contribution >= 0.6 is 0 Å². The largest absolute Gasteiger partial charge is 0.384 e. The number of hydrogen-bond donors (Lipinski definition) is 1. The fourth-order valence-electron chi connectivity index (χ4n) is 3.03. The molecule has 5 nitrogen and oxygen atoms in total. The SMILES string of the molecule is Nc1cc(CCC2CN(C(=O)Cc3cccc(F)c3)CCO2)ccn1. The number of halogens is 1. The van der Waals surface area contributed by atoms with E-state index >= 15 is 0 Å². The first-order chi connectivity index (χ1) is 12.1. The van der Waals surface area contributed by atoms with Gasteiger partial charge in [0.15, 0.2) is 0 Å². The molecule has 1 saturated heterocycles. The van der Waals surface area contributed by atoms with E-state index < -0.39 is 0 Å². The van der Waals surface area contributed by atoms with E-state index in [1.165, 1.54) is 12.1 Å². The summed E-state index contributed by atoms with van der Waals surface area (Å²) in [6.45, 7) is 1.67. The topological polar surface area (TPSA) is 68.5 Å². The van der Waals surface area contributed by atoms with Crippen LogP contribution in [0, 0.1) is 5.82 Å². The summed E-state index contributed by atoms with van der Waals surface area (Å²) in [6.07, 6.45) is 3.54. The van der Waals surface area contributed by atoms with E-state index in [1.54, 1.807) is 23.2 Å². The highest BCUT2D eigenvalue weighted by atomic mass is 19.1. The average molecular weight is 343 g/mol. The molecule has 1 amide bonds. The number of morpholine rings is 1. The molecule has 1 aromatic heterocycles. The van der Waals surface area contributed by atoms with Gasteiger partial charge in [0, 0.05) is 19.3 Å². The molecule has 0 aliphatic carbocycles. The van der Waals surface area contributed by atoms with Crippen LogP contribution in [0.3, 0.4) is 0 Å². The molecule has 0 saturated carbocycles. The summed E-state index contributed by atoms with van der Waals surface area (Å²) in [5, 5.41) is 0. The van der Waals surface area contributed by atoms with Crippen LogP contribution in [-0.2, 0) is 22.4 Å². The molecule has 0 bridgehead atoms. The first-order valence-corrected chi connectivity index (χ1v) is 8.44. The summed E-state index contributed by atoms with van der Waals surface area (Å²) in [7, 11) is 0. The fraction of sp³-hybridized carbons (Fsp3) is 0.368. The molecular formula is C19H22FN3O2. The van der Waals surface area contributed by atoms with E-state index in [0.717, 1.165) is 18.4 Å². The number of nitrogens with two attached hydrogens (primary N) is 1. The second-order valence-electron chi connectivity index (χ2n) is 6.27. The monoisotopic (exact) mass is 343 g/mol. The average Bonchev–Trinajstić information content (AvgIpc) is 2.60. The Balaban J connectivity index is 1.52. The van der Waals surface area contributed by atoms with Crippen LogP contribution in [0.2, 0.25) is 0 Å². The molecule has 1 aliphatic heterocycles. The number of carbonyl (C=O) groups excluding carboxylic acids is 1. The second kappa shape index (κ2) is 8.07. The van der Waals surface area contributed by atoms with Crippen LogP contribution in [0.25, 0.3) is 0 Å². The predicted octanol–water partition coefficient (Wildman–Crippen LogP) is 2.21. The summed E-state index contributed by atoms with van der Waals surface area (Å²) in [5.74, 6) is 0.197. The van der Waals surface area contributed by atoms with Gasteiger partial charge in [0.1, 0.15) is 11.6 Å². The molecule has 25 heavy (non-hydrogen) atoms. The Morgan fingerprint density at radius 1 is 1.32 bits per heavy atom. The van der Waals surface area contributed by atoms with Gasteiger partial charge in [-0.3, -0.25) is 4.79 Å². The van der Waals surface area contributed by atoms with Crippen molar-refractivity contribution in [2.45, 2.75) is 25.4 Å². The van der Waals surface area contributed by atoms with Crippen LogP contribution < -0.4 is 5.73 Å². The van der Waals surface area contributed by atoms with Gasteiger partial charge < -0.3 is 15.4 Å². The lowest BCUT2D eigenvalue weighted by atomic mass is 10.1. The molecule has 1 aromatic carbocycles. The number of nitrogen functional groups attached to an aromatic ring is 1. The second-order valence-corrected chi connectivity index (χ2v) is 6.27. The Hall–Kier alpha value is -2.47. The number of carbonyl (C=O) groups is 1. The van der Waals surface area contributed by atoms with Gasteiger partial charge in [0.05, 0.1) is 19.1 Å². The highest BCUT2D eigenvalue weighted by Crippen LogP contribution is 2.15. The molecular weight excluding hydrogens is 321 g/mol. The standard InChI is InChI=1S/C19H22FN3O2/c20-16-3-1-2-15(10-16)12-19(24)23-8-9-25-17(13-23)5-4-14-6-7-22-18(21)11-14/h1-3,6-7,10-11,17H,4-5,8-9,12-13H2,(H2,21,22). The maximum absolute atomic E-state index is 13.3. The van der Waals surface area contributed by atoms with Crippen molar-refractivity contribution >= 4 is 11.7 Å². The number of benzene rings is 1. The van der Waals surface area contributed by atoms with Crippen LogP contribution in [0.15, 0.2) is 42.6 Å². The van der Waals surface area contributed by atoms with Gasteiger partial charge in [-0.05, 0) is 48.2 Å². The Kier molecular flexibility index (Phi) is 5.60. The highest BCUT2D eigenvalue weighted by Gasteiger charge is 2.24. The van der Waals surface area contributed by atoms with Gasteiger partial charge in [0.2, 0.25) is 5.91 Å². The van der Waals surface area contributed by atoms with Gasteiger partial charge >= 0.3 is 0 Å². The first-order valence-electron chi connectivity index (χ1n) is 8.44. The molecule has 1 aliphatic rings. The highest BCUT2D eigenvalue weighted by molar-refractivity contribution is 5.78. The molecule has 2 aromatic rings. The third-order valence-corrected chi connectivity index (χ3v) is 4.34.